The van der Waals surface area contributed by atoms with E-state index in [4.69, 9.17) is 5.73 Å². The fourth-order valence-corrected chi connectivity index (χ4v) is 6.08. The number of carbonyl (C=O) groups excluding carboxylic acids is 5. The highest BCUT2D eigenvalue weighted by molar-refractivity contribution is 6.37. The fourth-order valence-electron chi connectivity index (χ4n) is 6.08. The van der Waals surface area contributed by atoms with E-state index < -0.39 is 83.3 Å². The van der Waals surface area contributed by atoms with Gasteiger partial charge in [0.1, 0.15) is 12.1 Å². The van der Waals surface area contributed by atoms with E-state index in [0.29, 0.717) is 0 Å². The number of rotatable bonds is 8. The number of nitrogens with one attached hydrogen (secondary N) is 3. The van der Waals surface area contributed by atoms with Crippen molar-refractivity contribution >= 4 is 29.5 Å². The van der Waals surface area contributed by atoms with Crippen molar-refractivity contribution in [3.8, 4) is 0 Å². The number of urea groups is 1. The van der Waals surface area contributed by atoms with E-state index in [2.05, 4.69) is 16.0 Å². The maximum atomic E-state index is 13.9. The molecule has 2 unspecified atom stereocenters. The molecule has 0 spiro atoms. The van der Waals surface area contributed by atoms with Crippen LogP contribution in [0.2, 0.25) is 0 Å². The highest BCUT2D eigenvalue weighted by Gasteiger charge is 2.70. The number of alkyl halides is 2. The molecule has 0 radical (unpaired) electrons. The molecule has 3 aliphatic rings. The molecule has 1 heterocycles. The number of halogens is 2. The molecule has 0 aromatic rings. The van der Waals surface area contributed by atoms with Crippen molar-refractivity contribution in [3.05, 3.63) is 0 Å². The Hall–Kier alpha value is -2.79. The van der Waals surface area contributed by atoms with E-state index in [0.717, 1.165) is 0 Å². The first kappa shape index (κ1) is 30.7. The van der Waals surface area contributed by atoms with Crippen LogP contribution < -0.4 is 21.7 Å². The monoisotopic (exact) mass is 555 g/mol. The minimum absolute atomic E-state index is 0.0248. The molecule has 2 saturated carbocycles. The number of nitrogens with zero attached hydrogens (tertiary/aromatic N) is 1. The zero-order chi connectivity index (χ0) is 29.9. The average molecular weight is 556 g/mol. The summed E-state index contributed by atoms with van der Waals surface area (Å²) < 4.78 is 26.8. The second-order valence-corrected chi connectivity index (χ2v) is 14.2. The van der Waals surface area contributed by atoms with E-state index in [1.165, 1.54) is 4.90 Å². The summed E-state index contributed by atoms with van der Waals surface area (Å²) in [6.07, 6.45) is -1.01. The van der Waals surface area contributed by atoms with Gasteiger partial charge >= 0.3 is 6.03 Å². The predicted molar refractivity (Wildman–Crippen MR) is 139 cm³/mol. The van der Waals surface area contributed by atoms with Crippen LogP contribution in [0.15, 0.2) is 0 Å². The topological polar surface area (TPSA) is 151 Å². The van der Waals surface area contributed by atoms with Gasteiger partial charge in [-0.1, -0.05) is 34.6 Å². The van der Waals surface area contributed by atoms with E-state index >= 15 is 0 Å². The maximum absolute atomic E-state index is 13.9. The van der Waals surface area contributed by atoms with Crippen LogP contribution in [0, 0.1) is 28.6 Å². The molecule has 12 heteroatoms. The predicted octanol–water partition coefficient (Wildman–Crippen LogP) is 1.96. The molecular formula is C27H43F2N5O5. The minimum Gasteiger partial charge on any atom is -0.363 e. The van der Waals surface area contributed by atoms with Gasteiger partial charge in [0.15, 0.2) is 0 Å². The number of nitrogens with two attached hydrogens (primary N) is 1. The Morgan fingerprint density at radius 3 is 2.03 bits per heavy atom. The third-order valence-corrected chi connectivity index (χ3v) is 8.26. The summed E-state index contributed by atoms with van der Waals surface area (Å²) in [5.41, 5.74) is 3.71. The van der Waals surface area contributed by atoms with Gasteiger partial charge < -0.3 is 26.6 Å². The largest absolute Gasteiger partial charge is 0.363 e. The van der Waals surface area contributed by atoms with Crippen molar-refractivity contribution in [2.75, 3.05) is 6.54 Å². The van der Waals surface area contributed by atoms with E-state index in [1.54, 1.807) is 20.8 Å². The molecule has 10 nitrogen and oxygen atoms in total. The first-order valence-electron chi connectivity index (χ1n) is 13.5. The SMILES string of the molecule is CC(C)(C)NC(=O)N[C@@H](C(=O)N1C[C@H]2[C@@H](C1C(=O)NC(CC1CC(F)(F)C1)C(=O)C(N)=O)C2(C)C)C(C)(C)C. The summed E-state index contributed by atoms with van der Waals surface area (Å²) in [7, 11) is 0. The zero-order valence-electron chi connectivity index (χ0n) is 24.1. The number of primary amides is 1. The summed E-state index contributed by atoms with van der Waals surface area (Å²) in [4.78, 5) is 65.9. The Morgan fingerprint density at radius 1 is 1.00 bits per heavy atom. The van der Waals surface area contributed by atoms with Crippen molar-refractivity contribution < 1.29 is 32.8 Å². The van der Waals surface area contributed by atoms with Crippen LogP contribution in [0.25, 0.3) is 0 Å². The van der Waals surface area contributed by atoms with Gasteiger partial charge in [0.25, 0.3) is 5.91 Å². The summed E-state index contributed by atoms with van der Waals surface area (Å²) >= 11 is 0. The van der Waals surface area contributed by atoms with Crippen LogP contribution in [0.3, 0.4) is 0 Å². The van der Waals surface area contributed by atoms with Gasteiger partial charge in [-0.3, -0.25) is 19.2 Å². The van der Waals surface area contributed by atoms with Crippen LogP contribution in [0.1, 0.15) is 74.7 Å². The summed E-state index contributed by atoms with van der Waals surface area (Å²) in [5.74, 6) is -6.96. The van der Waals surface area contributed by atoms with Gasteiger partial charge in [0.05, 0.1) is 6.04 Å². The Bertz CT molecular complexity index is 1040. The lowest BCUT2D eigenvalue weighted by molar-refractivity contribution is -0.146. The van der Waals surface area contributed by atoms with Crippen molar-refractivity contribution in [1.29, 1.82) is 0 Å². The van der Waals surface area contributed by atoms with E-state index in [-0.39, 0.29) is 30.2 Å². The number of ketones is 1. The summed E-state index contributed by atoms with van der Waals surface area (Å²) in [6, 6.07) is -3.80. The zero-order valence-corrected chi connectivity index (χ0v) is 24.1. The number of piperidine rings is 1. The number of fused-ring (bicyclic) bond motifs is 1. The van der Waals surface area contributed by atoms with Gasteiger partial charge in [-0.25, -0.2) is 13.6 Å². The molecule has 2 aliphatic carbocycles. The minimum atomic E-state index is -2.83. The molecule has 5 amide bonds. The molecular weight excluding hydrogens is 512 g/mol. The van der Waals surface area contributed by atoms with Crippen LogP contribution >= 0.6 is 0 Å². The molecule has 5 N–H and O–H groups in total. The van der Waals surface area contributed by atoms with Gasteiger partial charge in [-0.15, -0.1) is 0 Å². The Morgan fingerprint density at radius 2 is 1.56 bits per heavy atom. The Balaban J connectivity index is 1.83. The lowest BCUT2D eigenvalue weighted by atomic mass is 9.77. The number of likely N-dealkylation sites (tertiary alicyclic amines) is 1. The number of amides is 5. The average Bonchev–Trinajstić information content (AvgIpc) is 3.06. The first-order valence-corrected chi connectivity index (χ1v) is 13.5. The smallest absolute Gasteiger partial charge is 0.315 e. The van der Waals surface area contributed by atoms with Crippen LogP contribution in [0.5, 0.6) is 0 Å². The van der Waals surface area contributed by atoms with Crippen LogP contribution in [-0.2, 0) is 19.2 Å². The summed E-state index contributed by atoms with van der Waals surface area (Å²) in [5, 5.41) is 8.11. The summed E-state index contributed by atoms with van der Waals surface area (Å²) in [6.45, 7) is 15.1. The molecule has 5 atom stereocenters. The number of Topliss-reactive ketones (excluding diaryl/α,β-unsaturated/α-hetero) is 1. The second-order valence-electron chi connectivity index (χ2n) is 14.2. The third kappa shape index (κ3) is 6.69. The van der Waals surface area contributed by atoms with E-state index in [1.807, 2.05) is 34.6 Å². The Labute approximate surface area is 228 Å². The molecule has 39 heavy (non-hydrogen) atoms. The van der Waals surface area contributed by atoms with Crippen molar-refractivity contribution in [2.24, 2.45) is 34.3 Å². The lowest BCUT2D eigenvalue weighted by Crippen LogP contribution is -2.62. The molecule has 220 valence electrons. The molecule has 0 bridgehead atoms. The van der Waals surface area contributed by atoms with Gasteiger partial charge in [0.2, 0.25) is 23.5 Å². The number of hydrogen-bond acceptors (Lipinski definition) is 5. The molecule has 1 aliphatic heterocycles. The van der Waals surface area contributed by atoms with Crippen molar-refractivity contribution in [3.63, 3.8) is 0 Å². The second kappa shape index (κ2) is 9.99. The van der Waals surface area contributed by atoms with Crippen LogP contribution in [0.4, 0.5) is 13.6 Å². The first-order chi connectivity index (χ1) is 17.5. The fraction of sp³-hybridized carbons (Fsp3) is 0.815. The van der Waals surface area contributed by atoms with Crippen molar-refractivity contribution in [1.82, 2.24) is 20.9 Å². The maximum Gasteiger partial charge on any atom is 0.315 e. The number of carbonyl (C=O) groups is 5. The number of hydrogen-bond donors (Lipinski definition) is 4. The molecule has 0 aromatic heterocycles. The van der Waals surface area contributed by atoms with Crippen LogP contribution in [-0.4, -0.2) is 70.6 Å². The molecule has 3 rings (SSSR count). The molecule has 3 fully saturated rings. The molecule has 1 saturated heterocycles. The Kier molecular flexibility index (Phi) is 7.88. The molecule has 0 aromatic carbocycles. The lowest BCUT2D eigenvalue weighted by Gasteiger charge is -2.39. The highest BCUT2D eigenvalue weighted by atomic mass is 19.3. The quantitative estimate of drug-likeness (QED) is 0.338. The standard InChI is InChI=1S/C27H43F2N5O5/c1-24(2,3)19(32-23(39)33-25(4,5)6)22(38)34-12-14-16(26(14,7)8)17(34)21(37)31-15(18(35)20(30)36)9-13-10-27(28,29)11-13/h13-17,19H,9-12H2,1-8H3,(H2,30,36)(H,31,37)(H2,32,33,39)/t14-,15?,16-,17?,19-/m0/s1. The normalized spacial score (nSPS) is 26.9. The highest BCUT2D eigenvalue weighted by Crippen LogP contribution is 2.65. The van der Waals surface area contributed by atoms with Gasteiger partial charge in [0, 0.05) is 24.9 Å². The van der Waals surface area contributed by atoms with Crippen molar-refractivity contribution in [2.45, 2.75) is 104 Å². The van der Waals surface area contributed by atoms with Gasteiger partial charge in [-0.2, -0.15) is 0 Å². The third-order valence-electron chi connectivity index (χ3n) is 8.26. The van der Waals surface area contributed by atoms with Gasteiger partial charge in [-0.05, 0) is 55.8 Å². The van der Waals surface area contributed by atoms with E-state index in [9.17, 15) is 32.8 Å².